The number of para-hydroxylation sites is 1. The van der Waals surface area contributed by atoms with Crippen LogP contribution in [0.3, 0.4) is 0 Å². The number of aryl methyl sites for hydroxylation is 1. The van der Waals surface area contributed by atoms with Crippen molar-refractivity contribution >= 4 is 0 Å². The van der Waals surface area contributed by atoms with Gasteiger partial charge in [0, 0.05) is 5.56 Å². The van der Waals surface area contributed by atoms with Gasteiger partial charge in [-0.1, -0.05) is 37.3 Å². The molecule has 0 saturated carbocycles. The number of hydrogen-bond acceptors (Lipinski definition) is 2. The highest BCUT2D eigenvalue weighted by Gasteiger charge is 2.34. The molecule has 0 aliphatic carbocycles. The van der Waals surface area contributed by atoms with Crippen molar-refractivity contribution in [3.05, 3.63) is 65.0 Å². The molecule has 0 spiro atoms. The van der Waals surface area contributed by atoms with Gasteiger partial charge in [-0.15, -0.1) is 0 Å². The van der Waals surface area contributed by atoms with Gasteiger partial charge >= 0.3 is 0 Å². The molecule has 2 nitrogen and oxygen atoms in total. The molecule has 0 fully saturated rings. The average molecular weight is 286 g/mol. The number of fused-ring (bicyclic) bond motifs is 1. The number of ether oxygens (including phenoxy) is 1. The van der Waals surface area contributed by atoms with E-state index in [2.05, 4.69) is 0 Å². The molecule has 2 aromatic carbocycles. The third-order valence-corrected chi connectivity index (χ3v) is 4.19. The monoisotopic (exact) mass is 286 g/mol. The van der Waals surface area contributed by atoms with E-state index in [1.54, 1.807) is 12.1 Å². The van der Waals surface area contributed by atoms with E-state index in [1.165, 1.54) is 12.1 Å². The Morgan fingerprint density at radius 3 is 2.81 bits per heavy atom. The highest BCUT2D eigenvalue weighted by molar-refractivity contribution is 5.50. The van der Waals surface area contributed by atoms with Crippen molar-refractivity contribution in [2.24, 2.45) is 0 Å². The van der Waals surface area contributed by atoms with Gasteiger partial charge in [0.15, 0.2) is 0 Å². The Kier molecular flexibility index (Phi) is 3.68. The van der Waals surface area contributed by atoms with E-state index in [4.69, 9.17) is 4.74 Å². The van der Waals surface area contributed by atoms with Crippen molar-refractivity contribution in [3.8, 4) is 5.75 Å². The van der Waals surface area contributed by atoms with Gasteiger partial charge in [0.05, 0.1) is 6.61 Å². The van der Waals surface area contributed by atoms with Crippen molar-refractivity contribution < 1.29 is 14.2 Å². The van der Waals surface area contributed by atoms with Crippen LogP contribution in [0.2, 0.25) is 0 Å². The van der Waals surface area contributed by atoms with Crippen molar-refractivity contribution in [2.75, 3.05) is 6.61 Å². The SMILES string of the molecule is CCC(O)(c1cccc(F)c1)c1cccc2c1OCCC2. The number of rotatable bonds is 3. The Morgan fingerprint density at radius 1 is 1.24 bits per heavy atom. The lowest BCUT2D eigenvalue weighted by Crippen LogP contribution is -2.28. The topological polar surface area (TPSA) is 29.5 Å². The van der Waals surface area contributed by atoms with Crippen molar-refractivity contribution in [1.29, 1.82) is 0 Å². The fourth-order valence-electron chi connectivity index (χ4n) is 3.01. The highest BCUT2D eigenvalue weighted by atomic mass is 19.1. The molecule has 0 bridgehead atoms. The molecule has 110 valence electrons. The molecule has 1 unspecified atom stereocenters. The number of aliphatic hydroxyl groups is 1. The normalized spacial score (nSPS) is 16.7. The van der Waals surface area contributed by atoms with Crippen LogP contribution in [0, 0.1) is 5.82 Å². The van der Waals surface area contributed by atoms with Gasteiger partial charge in [-0.2, -0.15) is 0 Å². The van der Waals surface area contributed by atoms with E-state index < -0.39 is 5.60 Å². The molecule has 1 atom stereocenters. The first-order valence-corrected chi connectivity index (χ1v) is 7.38. The first kappa shape index (κ1) is 14.1. The molecular weight excluding hydrogens is 267 g/mol. The Labute approximate surface area is 124 Å². The van der Waals surface area contributed by atoms with Gasteiger partial charge in [0.2, 0.25) is 0 Å². The maximum absolute atomic E-state index is 13.5. The minimum atomic E-state index is -1.23. The van der Waals surface area contributed by atoms with Crippen molar-refractivity contribution in [2.45, 2.75) is 31.8 Å². The summed E-state index contributed by atoms with van der Waals surface area (Å²) in [6.07, 6.45) is 2.39. The van der Waals surface area contributed by atoms with E-state index in [1.807, 2.05) is 25.1 Å². The van der Waals surface area contributed by atoms with Crippen LogP contribution in [0.4, 0.5) is 4.39 Å². The van der Waals surface area contributed by atoms with Gasteiger partial charge in [0.1, 0.15) is 17.2 Å². The molecule has 2 aromatic rings. The predicted molar refractivity (Wildman–Crippen MR) is 79.9 cm³/mol. The zero-order valence-corrected chi connectivity index (χ0v) is 12.1. The molecule has 1 aliphatic rings. The summed E-state index contributed by atoms with van der Waals surface area (Å²) in [5.41, 5.74) is 1.17. The van der Waals surface area contributed by atoms with Crippen LogP contribution in [0.5, 0.6) is 5.75 Å². The minimum absolute atomic E-state index is 0.343. The third-order valence-electron chi connectivity index (χ3n) is 4.19. The summed E-state index contributed by atoms with van der Waals surface area (Å²) in [5, 5.41) is 11.2. The number of halogens is 1. The lowest BCUT2D eigenvalue weighted by molar-refractivity contribution is 0.0716. The second-order valence-corrected chi connectivity index (χ2v) is 5.47. The predicted octanol–water partition coefficient (Wildman–Crippen LogP) is 3.80. The fourth-order valence-corrected chi connectivity index (χ4v) is 3.01. The Bertz CT molecular complexity index is 653. The largest absolute Gasteiger partial charge is 0.493 e. The lowest BCUT2D eigenvalue weighted by Gasteiger charge is -2.32. The standard InChI is InChI=1S/C18H19FO2/c1-2-18(20,14-8-4-9-15(19)12-14)16-10-3-6-13-7-5-11-21-17(13)16/h3-4,6,8-10,12,20H,2,5,7,11H2,1H3. The molecule has 3 heteroatoms. The van der Waals surface area contributed by atoms with E-state index in [-0.39, 0.29) is 5.82 Å². The second-order valence-electron chi connectivity index (χ2n) is 5.47. The summed E-state index contributed by atoms with van der Waals surface area (Å²) < 4.78 is 19.3. The molecule has 1 aliphatic heterocycles. The molecule has 1 heterocycles. The molecule has 0 aromatic heterocycles. The fraction of sp³-hybridized carbons (Fsp3) is 0.333. The van der Waals surface area contributed by atoms with Crippen LogP contribution < -0.4 is 4.74 Å². The lowest BCUT2D eigenvalue weighted by atomic mass is 9.82. The molecule has 0 amide bonds. The summed E-state index contributed by atoms with van der Waals surface area (Å²) in [6, 6.07) is 12.0. The van der Waals surface area contributed by atoms with Crippen LogP contribution in [0.1, 0.15) is 36.5 Å². The van der Waals surface area contributed by atoms with Gasteiger partial charge in [-0.3, -0.25) is 0 Å². The van der Waals surface area contributed by atoms with Crippen LogP contribution in [-0.4, -0.2) is 11.7 Å². The molecule has 1 N–H and O–H groups in total. The molecule has 3 rings (SSSR count). The Hall–Kier alpha value is -1.87. The average Bonchev–Trinajstić information content (AvgIpc) is 2.53. The van der Waals surface area contributed by atoms with Crippen LogP contribution in [0.25, 0.3) is 0 Å². The highest BCUT2D eigenvalue weighted by Crippen LogP contribution is 2.41. The first-order valence-electron chi connectivity index (χ1n) is 7.38. The molecule has 21 heavy (non-hydrogen) atoms. The van der Waals surface area contributed by atoms with Crippen LogP contribution in [-0.2, 0) is 12.0 Å². The minimum Gasteiger partial charge on any atom is -0.493 e. The summed E-state index contributed by atoms with van der Waals surface area (Å²) >= 11 is 0. The zero-order valence-electron chi connectivity index (χ0n) is 12.1. The number of hydrogen-bond donors (Lipinski definition) is 1. The maximum atomic E-state index is 13.5. The number of benzene rings is 2. The quantitative estimate of drug-likeness (QED) is 0.930. The summed E-state index contributed by atoms with van der Waals surface area (Å²) in [7, 11) is 0. The molecule has 0 saturated heterocycles. The maximum Gasteiger partial charge on any atom is 0.128 e. The van der Waals surface area contributed by atoms with Gasteiger partial charge in [0.25, 0.3) is 0 Å². The second kappa shape index (κ2) is 5.49. The summed E-state index contributed by atoms with van der Waals surface area (Å²) in [5.74, 6) is 0.419. The van der Waals surface area contributed by atoms with Gasteiger partial charge in [-0.05, 0) is 42.5 Å². The van der Waals surface area contributed by atoms with Crippen LogP contribution in [0.15, 0.2) is 42.5 Å². The summed E-state index contributed by atoms with van der Waals surface area (Å²) in [6.45, 7) is 2.56. The Balaban J connectivity index is 2.16. The molecular formula is C18H19FO2. The molecule has 0 radical (unpaired) electrons. The summed E-state index contributed by atoms with van der Waals surface area (Å²) in [4.78, 5) is 0. The van der Waals surface area contributed by atoms with Gasteiger partial charge in [-0.25, -0.2) is 4.39 Å². The van der Waals surface area contributed by atoms with Crippen LogP contribution >= 0.6 is 0 Å². The third kappa shape index (κ3) is 2.42. The zero-order chi connectivity index (χ0) is 14.9. The van der Waals surface area contributed by atoms with Crippen molar-refractivity contribution in [1.82, 2.24) is 0 Å². The van der Waals surface area contributed by atoms with Crippen molar-refractivity contribution in [3.63, 3.8) is 0 Å². The van der Waals surface area contributed by atoms with Gasteiger partial charge < -0.3 is 9.84 Å². The first-order chi connectivity index (χ1) is 10.1. The van der Waals surface area contributed by atoms with E-state index >= 15 is 0 Å². The van der Waals surface area contributed by atoms with E-state index in [0.717, 1.165) is 29.7 Å². The van der Waals surface area contributed by atoms with E-state index in [9.17, 15) is 9.50 Å². The Morgan fingerprint density at radius 2 is 2.05 bits per heavy atom. The van der Waals surface area contributed by atoms with E-state index in [0.29, 0.717) is 18.6 Å². The smallest absolute Gasteiger partial charge is 0.128 e.